The summed E-state index contributed by atoms with van der Waals surface area (Å²) in [6.45, 7) is 8.18. The molecule has 1 N–H and O–H groups in total. The van der Waals surface area contributed by atoms with Crippen molar-refractivity contribution in [1.29, 1.82) is 0 Å². The summed E-state index contributed by atoms with van der Waals surface area (Å²) < 4.78 is 5.40. The predicted octanol–water partition coefficient (Wildman–Crippen LogP) is 4.43. The third-order valence-corrected chi connectivity index (χ3v) is 5.15. The van der Waals surface area contributed by atoms with Crippen LogP contribution in [0, 0.1) is 13.8 Å². The fraction of sp³-hybridized carbons (Fsp3) is 0.389. The Morgan fingerprint density at radius 1 is 1.32 bits per heavy atom. The van der Waals surface area contributed by atoms with E-state index in [-0.39, 0.29) is 11.9 Å². The number of aryl methyl sites for hydroxylation is 3. The molecule has 0 radical (unpaired) electrons. The van der Waals surface area contributed by atoms with Gasteiger partial charge < -0.3 is 10.1 Å². The Morgan fingerprint density at radius 2 is 2.05 bits per heavy atom. The first-order valence-electron chi connectivity index (χ1n) is 7.51. The number of methoxy groups -OCH3 is 1. The molecule has 0 aliphatic carbocycles. The molecule has 1 heterocycles. The Bertz CT molecular complexity index is 676. The van der Waals surface area contributed by atoms with Gasteiger partial charge in [0.05, 0.1) is 18.0 Å². The van der Waals surface area contributed by atoms with E-state index in [4.69, 9.17) is 4.74 Å². The van der Waals surface area contributed by atoms with Crippen LogP contribution < -0.4 is 10.1 Å². The zero-order chi connectivity index (χ0) is 16.3. The second kappa shape index (κ2) is 6.97. The van der Waals surface area contributed by atoms with Gasteiger partial charge >= 0.3 is 0 Å². The van der Waals surface area contributed by atoms with Gasteiger partial charge in [-0.25, -0.2) is 0 Å². The lowest BCUT2D eigenvalue weighted by atomic mass is 10.0. The molecule has 2 aromatic rings. The molecule has 0 aliphatic heterocycles. The molecular formula is C18H23NO2S. The van der Waals surface area contributed by atoms with E-state index in [1.165, 1.54) is 10.4 Å². The van der Waals surface area contributed by atoms with Gasteiger partial charge in [-0.3, -0.25) is 4.79 Å². The van der Waals surface area contributed by atoms with Gasteiger partial charge in [-0.15, -0.1) is 11.3 Å². The van der Waals surface area contributed by atoms with Crippen molar-refractivity contribution in [3.05, 3.63) is 50.7 Å². The molecule has 0 aliphatic rings. The Kier molecular flexibility index (Phi) is 5.24. The SMILES string of the molecule is CCc1sc(C(=O)N[C@H](C)c2cc(C)ccc2OC)cc1C. The molecule has 2 rings (SSSR count). The van der Waals surface area contributed by atoms with Crippen molar-refractivity contribution in [3.8, 4) is 5.75 Å². The van der Waals surface area contributed by atoms with Crippen molar-refractivity contribution < 1.29 is 9.53 Å². The highest BCUT2D eigenvalue weighted by Gasteiger charge is 2.17. The summed E-state index contributed by atoms with van der Waals surface area (Å²) in [5.41, 5.74) is 3.34. The molecule has 1 atom stereocenters. The maximum absolute atomic E-state index is 12.5. The minimum absolute atomic E-state index is 0.0242. The van der Waals surface area contributed by atoms with Crippen molar-refractivity contribution in [2.75, 3.05) is 7.11 Å². The van der Waals surface area contributed by atoms with Crippen LogP contribution >= 0.6 is 11.3 Å². The number of hydrogen-bond acceptors (Lipinski definition) is 3. The number of carbonyl (C=O) groups excluding carboxylic acids is 1. The van der Waals surface area contributed by atoms with E-state index in [9.17, 15) is 4.79 Å². The minimum Gasteiger partial charge on any atom is -0.496 e. The smallest absolute Gasteiger partial charge is 0.261 e. The van der Waals surface area contributed by atoms with Gasteiger partial charge in [0.2, 0.25) is 0 Å². The molecule has 0 saturated heterocycles. The fourth-order valence-electron chi connectivity index (χ4n) is 2.52. The van der Waals surface area contributed by atoms with Crippen molar-refractivity contribution >= 4 is 17.2 Å². The predicted molar refractivity (Wildman–Crippen MR) is 92.0 cm³/mol. The van der Waals surface area contributed by atoms with E-state index in [1.807, 2.05) is 32.0 Å². The lowest BCUT2D eigenvalue weighted by molar-refractivity contribution is 0.0943. The van der Waals surface area contributed by atoms with Crippen molar-refractivity contribution in [2.24, 2.45) is 0 Å². The van der Waals surface area contributed by atoms with Crippen LogP contribution in [0.3, 0.4) is 0 Å². The summed E-state index contributed by atoms with van der Waals surface area (Å²) in [5, 5.41) is 3.07. The number of rotatable bonds is 5. The number of ether oxygens (including phenoxy) is 1. The standard InChI is InChI=1S/C18H23NO2S/c1-6-16-12(3)10-17(22-16)18(20)19-13(4)14-9-11(2)7-8-15(14)21-5/h7-10,13H,6H2,1-5H3,(H,19,20)/t13-/m1/s1. The maximum Gasteiger partial charge on any atom is 0.261 e. The Labute approximate surface area is 136 Å². The first kappa shape index (κ1) is 16.6. The average molecular weight is 317 g/mol. The van der Waals surface area contributed by atoms with Crippen molar-refractivity contribution in [2.45, 2.75) is 40.2 Å². The Balaban J connectivity index is 2.19. The van der Waals surface area contributed by atoms with Gasteiger partial charge in [-0.05, 0) is 44.9 Å². The summed E-state index contributed by atoms with van der Waals surface area (Å²) in [5.74, 6) is 0.777. The number of amides is 1. The molecule has 0 unspecified atom stereocenters. The largest absolute Gasteiger partial charge is 0.496 e. The Morgan fingerprint density at radius 3 is 2.64 bits per heavy atom. The lowest BCUT2D eigenvalue weighted by Crippen LogP contribution is -2.26. The van der Waals surface area contributed by atoms with Crippen LogP contribution in [-0.4, -0.2) is 13.0 Å². The topological polar surface area (TPSA) is 38.3 Å². The first-order chi connectivity index (χ1) is 10.5. The van der Waals surface area contributed by atoms with Crippen LogP contribution in [0.15, 0.2) is 24.3 Å². The highest BCUT2D eigenvalue weighted by molar-refractivity contribution is 7.14. The van der Waals surface area contributed by atoms with Crippen LogP contribution in [0.2, 0.25) is 0 Å². The third-order valence-electron chi connectivity index (χ3n) is 3.76. The van der Waals surface area contributed by atoms with Gasteiger partial charge in [0.1, 0.15) is 5.75 Å². The van der Waals surface area contributed by atoms with Crippen LogP contribution in [0.5, 0.6) is 5.75 Å². The molecule has 1 amide bonds. The quantitative estimate of drug-likeness (QED) is 0.886. The van der Waals surface area contributed by atoms with Gasteiger partial charge in [0, 0.05) is 10.4 Å². The first-order valence-corrected chi connectivity index (χ1v) is 8.32. The van der Waals surface area contributed by atoms with Crippen molar-refractivity contribution in [3.63, 3.8) is 0 Å². The number of benzene rings is 1. The summed E-state index contributed by atoms with van der Waals surface area (Å²) in [6, 6.07) is 7.87. The average Bonchev–Trinajstić information content (AvgIpc) is 2.88. The molecule has 0 spiro atoms. The number of nitrogens with one attached hydrogen (secondary N) is 1. The molecule has 0 fully saturated rings. The molecule has 0 saturated carbocycles. The van der Waals surface area contributed by atoms with Crippen LogP contribution in [0.4, 0.5) is 0 Å². The molecular weight excluding hydrogens is 294 g/mol. The van der Waals surface area contributed by atoms with E-state index >= 15 is 0 Å². The molecule has 1 aromatic heterocycles. The molecule has 0 bridgehead atoms. The summed E-state index contributed by atoms with van der Waals surface area (Å²) in [4.78, 5) is 14.5. The van der Waals surface area contributed by atoms with Gasteiger partial charge in [-0.2, -0.15) is 0 Å². The second-order valence-electron chi connectivity index (χ2n) is 5.51. The second-order valence-corrected chi connectivity index (χ2v) is 6.65. The Hall–Kier alpha value is -1.81. The third kappa shape index (κ3) is 3.50. The zero-order valence-electron chi connectivity index (χ0n) is 13.8. The van der Waals surface area contributed by atoms with E-state index in [1.54, 1.807) is 18.4 Å². The van der Waals surface area contributed by atoms with E-state index in [0.29, 0.717) is 0 Å². The number of carbonyl (C=O) groups is 1. The normalized spacial score (nSPS) is 12.0. The molecule has 4 heteroatoms. The van der Waals surface area contributed by atoms with Gasteiger partial charge in [-0.1, -0.05) is 24.6 Å². The lowest BCUT2D eigenvalue weighted by Gasteiger charge is -2.17. The highest BCUT2D eigenvalue weighted by Crippen LogP contribution is 2.27. The van der Waals surface area contributed by atoms with Crippen molar-refractivity contribution in [1.82, 2.24) is 5.32 Å². The summed E-state index contributed by atoms with van der Waals surface area (Å²) in [6.07, 6.45) is 0.963. The summed E-state index contributed by atoms with van der Waals surface area (Å²) in [7, 11) is 1.65. The number of hydrogen-bond donors (Lipinski definition) is 1. The fourth-order valence-corrected chi connectivity index (χ4v) is 3.54. The van der Waals surface area contributed by atoms with E-state index in [2.05, 4.69) is 25.2 Å². The molecule has 22 heavy (non-hydrogen) atoms. The van der Waals surface area contributed by atoms with E-state index < -0.39 is 0 Å². The van der Waals surface area contributed by atoms with Gasteiger partial charge in [0.15, 0.2) is 0 Å². The number of thiophene rings is 1. The maximum atomic E-state index is 12.5. The zero-order valence-corrected chi connectivity index (χ0v) is 14.6. The molecule has 118 valence electrons. The molecule has 3 nitrogen and oxygen atoms in total. The van der Waals surface area contributed by atoms with Gasteiger partial charge in [0.25, 0.3) is 5.91 Å². The van der Waals surface area contributed by atoms with Crippen LogP contribution in [0.1, 0.15) is 51.1 Å². The van der Waals surface area contributed by atoms with E-state index in [0.717, 1.165) is 28.2 Å². The van der Waals surface area contributed by atoms with Crippen LogP contribution in [0.25, 0.3) is 0 Å². The highest BCUT2D eigenvalue weighted by atomic mass is 32.1. The summed E-state index contributed by atoms with van der Waals surface area (Å²) >= 11 is 1.57. The minimum atomic E-state index is -0.102. The molecule has 1 aromatic carbocycles. The van der Waals surface area contributed by atoms with Crippen LogP contribution in [-0.2, 0) is 6.42 Å². The monoisotopic (exact) mass is 317 g/mol.